The lowest BCUT2D eigenvalue weighted by molar-refractivity contribution is -0.137. The molecule has 2 unspecified atom stereocenters. The zero-order valence-corrected chi connectivity index (χ0v) is 8.33. The Morgan fingerprint density at radius 3 is 3.08 bits per heavy atom. The SMILES string of the molecule is CC1COCCN1CC(Cl)C(=O)O. The summed E-state index contributed by atoms with van der Waals surface area (Å²) in [6.45, 7) is 4.47. The highest BCUT2D eigenvalue weighted by molar-refractivity contribution is 6.29. The van der Waals surface area contributed by atoms with Gasteiger partial charge in [0.15, 0.2) is 0 Å². The van der Waals surface area contributed by atoms with Gasteiger partial charge in [0.05, 0.1) is 13.2 Å². The number of alkyl halides is 1. The molecule has 0 aromatic rings. The molecule has 13 heavy (non-hydrogen) atoms. The van der Waals surface area contributed by atoms with Crippen LogP contribution in [0.25, 0.3) is 0 Å². The third-order valence-electron chi connectivity index (χ3n) is 2.17. The zero-order valence-electron chi connectivity index (χ0n) is 7.57. The molecule has 0 radical (unpaired) electrons. The van der Waals surface area contributed by atoms with Crippen LogP contribution in [0.5, 0.6) is 0 Å². The van der Waals surface area contributed by atoms with Gasteiger partial charge in [-0.15, -0.1) is 11.6 Å². The fourth-order valence-corrected chi connectivity index (χ4v) is 1.49. The number of rotatable bonds is 3. The Bertz CT molecular complexity index is 188. The normalized spacial score (nSPS) is 27.1. The van der Waals surface area contributed by atoms with Crippen molar-refractivity contribution >= 4 is 17.6 Å². The van der Waals surface area contributed by atoms with Crippen molar-refractivity contribution in [1.82, 2.24) is 4.90 Å². The molecule has 0 aromatic carbocycles. The summed E-state index contributed by atoms with van der Waals surface area (Å²) < 4.78 is 5.22. The van der Waals surface area contributed by atoms with E-state index in [-0.39, 0.29) is 6.04 Å². The first-order chi connectivity index (χ1) is 6.11. The third-order valence-corrected chi connectivity index (χ3v) is 2.49. The molecule has 1 fully saturated rings. The number of ether oxygens (including phenoxy) is 1. The number of hydrogen-bond acceptors (Lipinski definition) is 3. The monoisotopic (exact) mass is 207 g/mol. The van der Waals surface area contributed by atoms with Gasteiger partial charge in [0, 0.05) is 19.1 Å². The quantitative estimate of drug-likeness (QED) is 0.681. The molecular weight excluding hydrogens is 194 g/mol. The Labute approximate surface area is 82.4 Å². The molecule has 0 aromatic heterocycles. The van der Waals surface area contributed by atoms with Gasteiger partial charge in [-0.3, -0.25) is 9.69 Å². The van der Waals surface area contributed by atoms with E-state index in [1.54, 1.807) is 0 Å². The van der Waals surface area contributed by atoms with Crippen molar-refractivity contribution < 1.29 is 14.6 Å². The average Bonchev–Trinajstić information content (AvgIpc) is 2.08. The number of hydrogen-bond donors (Lipinski definition) is 1. The molecule has 76 valence electrons. The Balaban J connectivity index is 2.37. The summed E-state index contributed by atoms with van der Waals surface area (Å²) in [5, 5.41) is 7.79. The number of carboxylic acid groups (broad SMARTS) is 1. The van der Waals surface area contributed by atoms with Crippen LogP contribution < -0.4 is 0 Å². The molecule has 1 aliphatic heterocycles. The van der Waals surface area contributed by atoms with E-state index in [1.807, 2.05) is 11.8 Å². The maximum absolute atomic E-state index is 10.5. The highest BCUT2D eigenvalue weighted by Crippen LogP contribution is 2.09. The first-order valence-corrected chi connectivity index (χ1v) is 4.73. The van der Waals surface area contributed by atoms with Gasteiger partial charge in [-0.1, -0.05) is 0 Å². The Morgan fingerprint density at radius 2 is 2.54 bits per heavy atom. The van der Waals surface area contributed by atoms with Crippen LogP contribution in [-0.4, -0.2) is 53.7 Å². The van der Waals surface area contributed by atoms with Gasteiger partial charge >= 0.3 is 5.97 Å². The molecule has 0 bridgehead atoms. The van der Waals surface area contributed by atoms with Crippen LogP contribution in [0.1, 0.15) is 6.92 Å². The number of morpholine rings is 1. The highest BCUT2D eigenvalue weighted by Gasteiger charge is 2.24. The van der Waals surface area contributed by atoms with Crippen LogP contribution in [0.3, 0.4) is 0 Å². The van der Waals surface area contributed by atoms with E-state index in [0.717, 1.165) is 6.54 Å². The van der Waals surface area contributed by atoms with Crippen molar-refractivity contribution in [3.05, 3.63) is 0 Å². The molecule has 1 aliphatic rings. The van der Waals surface area contributed by atoms with Crippen molar-refractivity contribution in [2.45, 2.75) is 18.3 Å². The molecule has 2 atom stereocenters. The second-order valence-electron chi connectivity index (χ2n) is 3.22. The van der Waals surface area contributed by atoms with Crippen LogP contribution in [0, 0.1) is 0 Å². The van der Waals surface area contributed by atoms with E-state index in [0.29, 0.717) is 19.8 Å². The molecule has 0 amide bonds. The largest absolute Gasteiger partial charge is 0.480 e. The first kappa shape index (κ1) is 10.8. The van der Waals surface area contributed by atoms with Gasteiger partial charge in [-0.25, -0.2) is 0 Å². The lowest BCUT2D eigenvalue weighted by Crippen LogP contribution is -2.47. The number of carboxylic acids is 1. The lowest BCUT2D eigenvalue weighted by Gasteiger charge is -2.33. The molecule has 1 rings (SSSR count). The number of halogens is 1. The van der Waals surface area contributed by atoms with E-state index in [1.165, 1.54) is 0 Å². The van der Waals surface area contributed by atoms with Crippen LogP contribution >= 0.6 is 11.6 Å². The molecule has 0 aliphatic carbocycles. The van der Waals surface area contributed by atoms with Gasteiger partial charge in [-0.05, 0) is 6.92 Å². The standard InChI is InChI=1S/C8H14ClNO3/c1-6-5-13-3-2-10(6)4-7(9)8(11)12/h6-7H,2-5H2,1H3,(H,11,12). The summed E-state index contributed by atoms with van der Waals surface area (Å²) in [5.41, 5.74) is 0. The fourth-order valence-electron chi connectivity index (χ4n) is 1.32. The zero-order chi connectivity index (χ0) is 9.84. The van der Waals surface area contributed by atoms with Crippen molar-refractivity contribution in [3.8, 4) is 0 Å². The van der Waals surface area contributed by atoms with Crippen LogP contribution in [0.4, 0.5) is 0 Å². The first-order valence-electron chi connectivity index (χ1n) is 4.30. The molecule has 1 heterocycles. The average molecular weight is 208 g/mol. The van der Waals surface area contributed by atoms with Gasteiger partial charge < -0.3 is 9.84 Å². The Hall–Kier alpha value is -0.320. The molecule has 0 saturated carbocycles. The lowest BCUT2D eigenvalue weighted by atomic mass is 10.2. The molecular formula is C8H14ClNO3. The Morgan fingerprint density at radius 1 is 1.85 bits per heavy atom. The topological polar surface area (TPSA) is 49.8 Å². The summed E-state index contributed by atoms with van der Waals surface area (Å²) in [4.78, 5) is 12.5. The summed E-state index contributed by atoms with van der Waals surface area (Å²) in [6.07, 6.45) is 0. The number of carbonyl (C=O) groups is 1. The molecule has 0 spiro atoms. The van der Waals surface area contributed by atoms with E-state index in [4.69, 9.17) is 21.4 Å². The van der Waals surface area contributed by atoms with E-state index in [9.17, 15) is 4.79 Å². The van der Waals surface area contributed by atoms with Crippen LogP contribution in [-0.2, 0) is 9.53 Å². The number of nitrogens with zero attached hydrogens (tertiary/aromatic N) is 1. The van der Waals surface area contributed by atoms with Gasteiger partial charge in [0.2, 0.25) is 0 Å². The van der Waals surface area contributed by atoms with Gasteiger partial charge in [-0.2, -0.15) is 0 Å². The smallest absolute Gasteiger partial charge is 0.322 e. The minimum Gasteiger partial charge on any atom is -0.480 e. The minimum atomic E-state index is -0.958. The second-order valence-corrected chi connectivity index (χ2v) is 3.75. The van der Waals surface area contributed by atoms with Crippen LogP contribution in [0.15, 0.2) is 0 Å². The maximum Gasteiger partial charge on any atom is 0.322 e. The van der Waals surface area contributed by atoms with Crippen molar-refractivity contribution in [1.29, 1.82) is 0 Å². The summed E-state index contributed by atoms with van der Waals surface area (Å²) in [5.74, 6) is -0.958. The molecule has 5 heteroatoms. The van der Waals surface area contributed by atoms with E-state index in [2.05, 4.69) is 0 Å². The fraction of sp³-hybridized carbons (Fsp3) is 0.875. The molecule has 4 nitrogen and oxygen atoms in total. The van der Waals surface area contributed by atoms with Crippen molar-refractivity contribution in [2.24, 2.45) is 0 Å². The Kier molecular flexibility index (Phi) is 3.96. The predicted octanol–water partition coefficient (Wildman–Crippen LogP) is 0.399. The van der Waals surface area contributed by atoms with Gasteiger partial charge in [0.25, 0.3) is 0 Å². The van der Waals surface area contributed by atoms with Crippen molar-refractivity contribution in [2.75, 3.05) is 26.3 Å². The summed E-state index contributed by atoms with van der Waals surface area (Å²) in [7, 11) is 0. The van der Waals surface area contributed by atoms with Crippen LogP contribution in [0.2, 0.25) is 0 Å². The predicted molar refractivity (Wildman–Crippen MR) is 49.1 cm³/mol. The number of aliphatic carboxylic acids is 1. The van der Waals surface area contributed by atoms with Crippen molar-refractivity contribution in [3.63, 3.8) is 0 Å². The summed E-state index contributed by atoms with van der Waals surface area (Å²) in [6, 6.07) is 0.259. The molecule has 1 saturated heterocycles. The third kappa shape index (κ3) is 3.14. The van der Waals surface area contributed by atoms with E-state index < -0.39 is 11.3 Å². The maximum atomic E-state index is 10.5. The minimum absolute atomic E-state index is 0.259. The second kappa shape index (κ2) is 4.79. The highest BCUT2D eigenvalue weighted by atomic mass is 35.5. The van der Waals surface area contributed by atoms with Gasteiger partial charge in [0.1, 0.15) is 5.38 Å². The molecule has 1 N–H and O–H groups in total. The summed E-state index contributed by atoms with van der Waals surface area (Å²) >= 11 is 5.63. The van der Waals surface area contributed by atoms with E-state index >= 15 is 0 Å².